The molecule has 2 rings (SSSR count). The van der Waals surface area contributed by atoms with Crippen LogP contribution in [0.5, 0.6) is 0 Å². The number of amides is 1. The lowest BCUT2D eigenvalue weighted by molar-refractivity contribution is 0.0935. The standard InChI is InChI=1S/C16H19ClN2OS/c1-3-13(4-2)18-15(20)11-6-5-7-12(8-11)16-19-14(9-17)10-21-16/h5-8,10,13H,3-4,9H2,1-2H3,(H,18,20). The van der Waals surface area contributed by atoms with Gasteiger partial charge in [-0.2, -0.15) is 0 Å². The number of alkyl halides is 1. The van der Waals surface area contributed by atoms with Crippen LogP contribution in [0.4, 0.5) is 0 Å². The summed E-state index contributed by atoms with van der Waals surface area (Å²) in [6.07, 6.45) is 1.88. The first-order valence-corrected chi connectivity index (χ1v) is 8.51. The number of benzene rings is 1. The van der Waals surface area contributed by atoms with Gasteiger partial charge in [-0.15, -0.1) is 22.9 Å². The summed E-state index contributed by atoms with van der Waals surface area (Å²) in [7, 11) is 0. The maximum atomic E-state index is 12.3. The third-order valence-corrected chi connectivity index (χ3v) is 4.60. The van der Waals surface area contributed by atoms with E-state index in [1.54, 1.807) is 11.3 Å². The lowest BCUT2D eigenvalue weighted by atomic mass is 10.1. The Kier molecular flexibility index (Phi) is 5.76. The number of hydrogen-bond donors (Lipinski definition) is 1. The van der Waals surface area contributed by atoms with Gasteiger partial charge in [0.1, 0.15) is 5.01 Å². The van der Waals surface area contributed by atoms with E-state index in [9.17, 15) is 4.79 Å². The normalized spacial score (nSPS) is 10.9. The SMILES string of the molecule is CCC(CC)NC(=O)c1cccc(-c2nc(CCl)cs2)c1. The molecule has 21 heavy (non-hydrogen) atoms. The minimum Gasteiger partial charge on any atom is -0.349 e. The fourth-order valence-corrected chi connectivity index (χ4v) is 3.10. The van der Waals surface area contributed by atoms with Crippen molar-refractivity contribution < 1.29 is 4.79 Å². The van der Waals surface area contributed by atoms with Crippen LogP contribution in [0.3, 0.4) is 0 Å². The van der Waals surface area contributed by atoms with Crippen molar-refractivity contribution in [2.75, 3.05) is 0 Å². The summed E-state index contributed by atoms with van der Waals surface area (Å²) in [6.45, 7) is 4.16. The van der Waals surface area contributed by atoms with Crippen molar-refractivity contribution in [2.24, 2.45) is 0 Å². The van der Waals surface area contributed by atoms with E-state index in [2.05, 4.69) is 24.1 Å². The van der Waals surface area contributed by atoms with Gasteiger partial charge in [-0.3, -0.25) is 4.79 Å². The molecule has 0 aliphatic rings. The van der Waals surface area contributed by atoms with E-state index in [0.29, 0.717) is 11.4 Å². The van der Waals surface area contributed by atoms with Crippen LogP contribution in [-0.2, 0) is 5.88 Å². The molecule has 0 aliphatic carbocycles. The van der Waals surface area contributed by atoms with Crippen LogP contribution in [-0.4, -0.2) is 16.9 Å². The van der Waals surface area contributed by atoms with E-state index in [1.807, 2.05) is 29.6 Å². The molecular formula is C16H19ClN2OS. The second-order valence-electron chi connectivity index (χ2n) is 4.85. The average Bonchev–Trinajstić information content (AvgIpc) is 3.01. The summed E-state index contributed by atoms with van der Waals surface area (Å²) in [5, 5.41) is 5.89. The summed E-state index contributed by atoms with van der Waals surface area (Å²) in [5.41, 5.74) is 2.49. The second-order valence-corrected chi connectivity index (χ2v) is 5.97. The van der Waals surface area contributed by atoms with Crippen molar-refractivity contribution in [1.29, 1.82) is 0 Å². The lowest BCUT2D eigenvalue weighted by Gasteiger charge is -2.14. The average molecular weight is 323 g/mol. The number of hydrogen-bond acceptors (Lipinski definition) is 3. The molecule has 0 saturated heterocycles. The van der Waals surface area contributed by atoms with E-state index in [0.717, 1.165) is 29.1 Å². The highest BCUT2D eigenvalue weighted by Crippen LogP contribution is 2.25. The first kappa shape index (κ1) is 16.0. The van der Waals surface area contributed by atoms with Crippen molar-refractivity contribution in [3.05, 3.63) is 40.9 Å². The quantitative estimate of drug-likeness (QED) is 0.797. The van der Waals surface area contributed by atoms with E-state index in [4.69, 9.17) is 11.6 Å². The number of thiazole rings is 1. The molecule has 2 aromatic rings. The minimum absolute atomic E-state index is 0.0281. The summed E-state index contributed by atoms with van der Waals surface area (Å²) < 4.78 is 0. The molecular weight excluding hydrogens is 304 g/mol. The van der Waals surface area contributed by atoms with Gasteiger partial charge >= 0.3 is 0 Å². The zero-order valence-electron chi connectivity index (χ0n) is 12.2. The topological polar surface area (TPSA) is 42.0 Å². The fraction of sp³-hybridized carbons (Fsp3) is 0.375. The van der Waals surface area contributed by atoms with Gasteiger partial charge < -0.3 is 5.32 Å². The Bertz CT molecular complexity index is 608. The van der Waals surface area contributed by atoms with Gasteiger partial charge in [-0.1, -0.05) is 26.0 Å². The first-order chi connectivity index (χ1) is 10.2. The van der Waals surface area contributed by atoms with Gasteiger partial charge in [0.15, 0.2) is 0 Å². The van der Waals surface area contributed by atoms with Gasteiger partial charge in [0.05, 0.1) is 11.6 Å². The number of carbonyl (C=O) groups is 1. The molecule has 5 heteroatoms. The van der Waals surface area contributed by atoms with Crippen LogP contribution in [0, 0.1) is 0 Å². The van der Waals surface area contributed by atoms with Crippen molar-refractivity contribution >= 4 is 28.8 Å². The van der Waals surface area contributed by atoms with Gasteiger partial charge in [-0.05, 0) is 25.0 Å². The highest BCUT2D eigenvalue weighted by atomic mass is 35.5. The summed E-state index contributed by atoms with van der Waals surface area (Å²) in [4.78, 5) is 16.7. The Morgan fingerprint density at radius 3 is 2.76 bits per heavy atom. The van der Waals surface area contributed by atoms with Crippen LogP contribution < -0.4 is 5.32 Å². The summed E-state index contributed by atoms with van der Waals surface area (Å²) in [6, 6.07) is 7.79. The molecule has 0 fully saturated rings. The van der Waals surface area contributed by atoms with Crippen molar-refractivity contribution in [2.45, 2.75) is 38.6 Å². The van der Waals surface area contributed by atoms with Crippen LogP contribution in [0.25, 0.3) is 10.6 Å². The molecule has 1 N–H and O–H groups in total. The monoisotopic (exact) mass is 322 g/mol. The third-order valence-electron chi connectivity index (χ3n) is 3.38. The maximum absolute atomic E-state index is 12.3. The Hall–Kier alpha value is -1.39. The highest BCUT2D eigenvalue weighted by molar-refractivity contribution is 7.13. The van der Waals surface area contributed by atoms with E-state index in [-0.39, 0.29) is 11.9 Å². The van der Waals surface area contributed by atoms with Crippen LogP contribution >= 0.6 is 22.9 Å². The van der Waals surface area contributed by atoms with Crippen molar-refractivity contribution in [3.63, 3.8) is 0 Å². The summed E-state index contributed by atoms with van der Waals surface area (Å²) in [5.74, 6) is 0.380. The highest BCUT2D eigenvalue weighted by Gasteiger charge is 2.12. The zero-order valence-corrected chi connectivity index (χ0v) is 13.8. The predicted octanol–water partition coefficient (Wildman–Crippen LogP) is 4.47. The predicted molar refractivity (Wildman–Crippen MR) is 88.9 cm³/mol. The van der Waals surface area contributed by atoms with Gasteiger partial charge in [-0.25, -0.2) is 4.98 Å². The van der Waals surface area contributed by atoms with E-state index >= 15 is 0 Å². The molecule has 0 saturated carbocycles. The maximum Gasteiger partial charge on any atom is 0.251 e. The zero-order chi connectivity index (χ0) is 15.2. The van der Waals surface area contributed by atoms with E-state index < -0.39 is 0 Å². The number of aromatic nitrogens is 1. The largest absolute Gasteiger partial charge is 0.349 e. The molecule has 0 spiro atoms. The lowest BCUT2D eigenvalue weighted by Crippen LogP contribution is -2.33. The molecule has 112 valence electrons. The smallest absolute Gasteiger partial charge is 0.251 e. The van der Waals surface area contributed by atoms with Crippen molar-refractivity contribution in [3.8, 4) is 10.6 Å². The number of rotatable bonds is 6. The first-order valence-electron chi connectivity index (χ1n) is 7.09. The van der Waals surface area contributed by atoms with Gasteiger partial charge in [0, 0.05) is 22.5 Å². The number of nitrogens with one attached hydrogen (secondary N) is 1. The molecule has 1 heterocycles. The van der Waals surface area contributed by atoms with Gasteiger partial charge in [0.2, 0.25) is 0 Å². The van der Waals surface area contributed by atoms with Crippen molar-refractivity contribution in [1.82, 2.24) is 10.3 Å². The Morgan fingerprint density at radius 2 is 2.14 bits per heavy atom. The number of carbonyl (C=O) groups excluding carboxylic acids is 1. The molecule has 0 atom stereocenters. The number of halogens is 1. The Labute approximate surface area is 134 Å². The molecule has 0 aliphatic heterocycles. The molecule has 1 amide bonds. The Morgan fingerprint density at radius 1 is 1.38 bits per heavy atom. The van der Waals surface area contributed by atoms with Crippen LogP contribution in [0.2, 0.25) is 0 Å². The molecule has 3 nitrogen and oxygen atoms in total. The molecule has 1 aromatic carbocycles. The third kappa shape index (κ3) is 4.05. The molecule has 1 aromatic heterocycles. The number of nitrogens with zero attached hydrogens (tertiary/aromatic N) is 1. The fourth-order valence-electron chi connectivity index (χ4n) is 2.06. The van der Waals surface area contributed by atoms with Gasteiger partial charge in [0.25, 0.3) is 5.91 Å². The molecule has 0 radical (unpaired) electrons. The summed E-state index contributed by atoms with van der Waals surface area (Å²) >= 11 is 7.32. The second kappa shape index (κ2) is 7.57. The molecule has 0 unspecified atom stereocenters. The molecule has 0 bridgehead atoms. The van der Waals surface area contributed by atoms with Crippen LogP contribution in [0.15, 0.2) is 29.6 Å². The Balaban J connectivity index is 2.19. The minimum atomic E-state index is -0.0281. The van der Waals surface area contributed by atoms with E-state index in [1.165, 1.54) is 0 Å². The van der Waals surface area contributed by atoms with Crippen LogP contribution in [0.1, 0.15) is 42.7 Å².